The van der Waals surface area contributed by atoms with Crippen LogP contribution in [0.25, 0.3) is 10.2 Å². The van der Waals surface area contributed by atoms with Crippen LogP contribution in [0.2, 0.25) is 0 Å². The minimum atomic E-state index is 0.539. The molecule has 0 amide bonds. The average molecular weight is 319 g/mol. The lowest BCUT2D eigenvalue weighted by molar-refractivity contribution is 0.0944. The second-order valence-corrected chi connectivity index (χ2v) is 7.29. The SMILES string of the molecule is CC(C)[C@H](CNc1ncnc2sccc12)N1CCN(C)CC1. The van der Waals surface area contributed by atoms with E-state index in [0.717, 1.165) is 48.8 Å². The molecular weight excluding hydrogens is 294 g/mol. The van der Waals surface area contributed by atoms with Gasteiger partial charge in [0, 0.05) is 38.8 Å². The molecule has 2 aromatic rings. The van der Waals surface area contributed by atoms with Crippen LogP contribution in [0.5, 0.6) is 0 Å². The minimum absolute atomic E-state index is 0.539. The molecule has 0 bridgehead atoms. The number of hydrogen-bond donors (Lipinski definition) is 1. The molecule has 120 valence electrons. The van der Waals surface area contributed by atoms with Crippen molar-refractivity contribution in [1.82, 2.24) is 19.8 Å². The molecule has 3 rings (SSSR count). The lowest BCUT2D eigenvalue weighted by Gasteiger charge is -2.40. The molecule has 0 radical (unpaired) electrons. The lowest BCUT2D eigenvalue weighted by atomic mass is 10.0. The van der Waals surface area contributed by atoms with Crippen LogP contribution in [0.1, 0.15) is 13.8 Å². The standard InChI is InChI=1S/C16H25N5S/c1-12(2)14(21-7-5-20(3)6-8-21)10-17-15-13-4-9-22-16(13)19-11-18-15/h4,9,11-12,14H,5-8,10H2,1-3H3,(H,17,18,19)/t14-/m0/s1. The van der Waals surface area contributed by atoms with Gasteiger partial charge in [0.25, 0.3) is 0 Å². The third-order valence-corrected chi connectivity index (χ3v) is 5.34. The maximum Gasteiger partial charge on any atom is 0.138 e. The highest BCUT2D eigenvalue weighted by atomic mass is 32.1. The van der Waals surface area contributed by atoms with Gasteiger partial charge in [-0.1, -0.05) is 13.8 Å². The van der Waals surface area contributed by atoms with Crippen molar-refractivity contribution < 1.29 is 0 Å². The first-order chi connectivity index (χ1) is 10.6. The Labute approximate surface area is 136 Å². The van der Waals surface area contributed by atoms with E-state index in [4.69, 9.17) is 0 Å². The number of nitrogens with zero attached hydrogens (tertiary/aromatic N) is 4. The van der Waals surface area contributed by atoms with Gasteiger partial charge in [-0.15, -0.1) is 11.3 Å². The first-order valence-corrected chi connectivity index (χ1v) is 8.88. The highest BCUT2D eigenvalue weighted by Gasteiger charge is 2.25. The number of fused-ring (bicyclic) bond motifs is 1. The molecule has 2 aromatic heterocycles. The summed E-state index contributed by atoms with van der Waals surface area (Å²) in [5, 5.41) is 6.77. The van der Waals surface area contributed by atoms with E-state index in [1.54, 1.807) is 17.7 Å². The van der Waals surface area contributed by atoms with Crippen molar-refractivity contribution in [2.24, 2.45) is 5.92 Å². The number of likely N-dealkylation sites (N-methyl/N-ethyl adjacent to an activating group) is 1. The Balaban J connectivity index is 1.68. The van der Waals surface area contributed by atoms with Gasteiger partial charge in [0.15, 0.2) is 0 Å². The van der Waals surface area contributed by atoms with Crippen molar-refractivity contribution in [3.05, 3.63) is 17.8 Å². The van der Waals surface area contributed by atoms with E-state index in [1.807, 2.05) is 0 Å². The monoisotopic (exact) mass is 319 g/mol. The number of hydrogen-bond acceptors (Lipinski definition) is 6. The smallest absolute Gasteiger partial charge is 0.138 e. The van der Waals surface area contributed by atoms with Gasteiger partial charge >= 0.3 is 0 Å². The molecule has 22 heavy (non-hydrogen) atoms. The molecule has 0 spiro atoms. The second-order valence-electron chi connectivity index (χ2n) is 6.39. The minimum Gasteiger partial charge on any atom is -0.368 e. The van der Waals surface area contributed by atoms with Crippen LogP contribution in [-0.2, 0) is 0 Å². The highest BCUT2D eigenvalue weighted by Crippen LogP contribution is 2.24. The quantitative estimate of drug-likeness (QED) is 0.917. The molecule has 1 aliphatic rings. The van der Waals surface area contributed by atoms with Gasteiger partial charge in [-0.25, -0.2) is 9.97 Å². The fraction of sp³-hybridized carbons (Fsp3) is 0.625. The van der Waals surface area contributed by atoms with E-state index in [-0.39, 0.29) is 0 Å². The number of rotatable bonds is 5. The van der Waals surface area contributed by atoms with Crippen LogP contribution in [-0.4, -0.2) is 65.6 Å². The fourth-order valence-corrected chi connectivity index (χ4v) is 3.80. The van der Waals surface area contributed by atoms with Crippen molar-refractivity contribution >= 4 is 27.4 Å². The Hall–Kier alpha value is -1.24. The third kappa shape index (κ3) is 3.39. The van der Waals surface area contributed by atoms with Crippen molar-refractivity contribution in [2.45, 2.75) is 19.9 Å². The summed E-state index contributed by atoms with van der Waals surface area (Å²) in [5.74, 6) is 1.58. The van der Waals surface area contributed by atoms with Gasteiger partial charge in [0.1, 0.15) is 17.0 Å². The molecule has 3 heterocycles. The van der Waals surface area contributed by atoms with E-state index in [2.05, 4.69) is 57.4 Å². The highest BCUT2D eigenvalue weighted by molar-refractivity contribution is 7.16. The summed E-state index contributed by atoms with van der Waals surface area (Å²) in [4.78, 5) is 14.8. The molecular formula is C16H25N5S. The maximum atomic E-state index is 4.43. The predicted octanol–water partition coefficient (Wildman–Crippen LogP) is 2.38. The Bertz CT molecular complexity index is 603. The molecule has 1 saturated heterocycles. The van der Waals surface area contributed by atoms with E-state index in [1.165, 1.54) is 0 Å². The molecule has 5 nitrogen and oxygen atoms in total. The van der Waals surface area contributed by atoms with E-state index in [9.17, 15) is 0 Å². The molecule has 1 atom stereocenters. The number of piperazine rings is 1. The summed E-state index contributed by atoms with van der Waals surface area (Å²) in [6.07, 6.45) is 1.65. The summed E-state index contributed by atoms with van der Waals surface area (Å²) >= 11 is 1.66. The molecule has 0 aliphatic carbocycles. The fourth-order valence-electron chi connectivity index (χ4n) is 3.07. The van der Waals surface area contributed by atoms with Crippen LogP contribution >= 0.6 is 11.3 Å². The average Bonchev–Trinajstić information content (AvgIpc) is 2.98. The van der Waals surface area contributed by atoms with Gasteiger partial charge in [-0.2, -0.15) is 0 Å². The largest absolute Gasteiger partial charge is 0.368 e. The number of aromatic nitrogens is 2. The molecule has 0 unspecified atom stereocenters. The van der Waals surface area contributed by atoms with Crippen molar-refractivity contribution in [3.8, 4) is 0 Å². The topological polar surface area (TPSA) is 44.3 Å². The predicted molar refractivity (Wildman–Crippen MR) is 93.6 cm³/mol. The molecule has 6 heteroatoms. The number of thiophene rings is 1. The van der Waals surface area contributed by atoms with Crippen LogP contribution in [0.15, 0.2) is 17.8 Å². The van der Waals surface area contributed by atoms with Crippen LogP contribution in [0, 0.1) is 5.92 Å². The zero-order valence-electron chi connectivity index (χ0n) is 13.6. The van der Waals surface area contributed by atoms with E-state index < -0.39 is 0 Å². The molecule has 0 aromatic carbocycles. The Morgan fingerprint density at radius 1 is 1.23 bits per heavy atom. The van der Waals surface area contributed by atoms with Crippen molar-refractivity contribution in [3.63, 3.8) is 0 Å². The number of nitrogens with one attached hydrogen (secondary N) is 1. The normalized spacial score (nSPS) is 18.9. The lowest BCUT2D eigenvalue weighted by Crippen LogP contribution is -2.52. The zero-order chi connectivity index (χ0) is 15.5. The summed E-state index contributed by atoms with van der Waals surface area (Å²) in [5.41, 5.74) is 0. The van der Waals surface area contributed by atoms with Gasteiger partial charge < -0.3 is 10.2 Å². The summed E-state index contributed by atoms with van der Waals surface area (Å²) in [6.45, 7) is 10.2. The summed E-state index contributed by atoms with van der Waals surface area (Å²) in [7, 11) is 2.20. The van der Waals surface area contributed by atoms with Crippen LogP contribution < -0.4 is 5.32 Å². The summed E-state index contributed by atoms with van der Waals surface area (Å²) < 4.78 is 0. The zero-order valence-corrected chi connectivity index (χ0v) is 14.4. The molecule has 1 aliphatic heterocycles. The Kier molecular flexibility index (Phi) is 4.90. The van der Waals surface area contributed by atoms with E-state index in [0.29, 0.717) is 12.0 Å². The molecule has 0 saturated carbocycles. The van der Waals surface area contributed by atoms with Gasteiger partial charge in [0.05, 0.1) is 5.39 Å². The molecule has 1 fully saturated rings. The first-order valence-electron chi connectivity index (χ1n) is 8.00. The molecule has 1 N–H and O–H groups in total. The third-order valence-electron chi connectivity index (χ3n) is 4.52. The Morgan fingerprint density at radius 3 is 2.73 bits per heavy atom. The number of anilines is 1. The maximum absolute atomic E-state index is 4.43. The Morgan fingerprint density at radius 2 is 2.00 bits per heavy atom. The van der Waals surface area contributed by atoms with Crippen LogP contribution in [0.3, 0.4) is 0 Å². The second kappa shape index (κ2) is 6.89. The van der Waals surface area contributed by atoms with Crippen molar-refractivity contribution in [1.29, 1.82) is 0 Å². The van der Waals surface area contributed by atoms with Gasteiger partial charge in [-0.05, 0) is 24.4 Å². The summed E-state index contributed by atoms with van der Waals surface area (Å²) in [6, 6.07) is 2.64. The van der Waals surface area contributed by atoms with Gasteiger partial charge in [-0.3, -0.25) is 4.90 Å². The first kappa shape index (κ1) is 15.6. The van der Waals surface area contributed by atoms with E-state index >= 15 is 0 Å². The van der Waals surface area contributed by atoms with Crippen LogP contribution in [0.4, 0.5) is 5.82 Å². The van der Waals surface area contributed by atoms with Crippen molar-refractivity contribution in [2.75, 3.05) is 45.1 Å². The van der Waals surface area contributed by atoms with Gasteiger partial charge in [0.2, 0.25) is 0 Å².